The topological polar surface area (TPSA) is 108 Å². The van der Waals surface area contributed by atoms with Gasteiger partial charge in [-0.1, -0.05) is 13.3 Å². The Morgan fingerprint density at radius 2 is 1.95 bits per heavy atom. The zero-order chi connectivity index (χ0) is 14.3. The van der Waals surface area contributed by atoms with Crippen LogP contribution in [0.5, 0.6) is 0 Å². The molecule has 7 heteroatoms. The second-order valence-corrected chi connectivity index (χ2v) is 4.73. The van der Waals surface area contributed by atoms with E-state index in [4.69, 9.17) is 5.11 Å². The summed E-state index contributed by atoms with van der Waals surface area (Å²) in [6, 6.07) is -0.258. The minimum absolute atomic E-state index is 0.0687. The van der Waals surface area contributed by atoms with E-state index in [0.29, 0.717) is 6.42 Å². The lowest BCUT2D eigenvalue weighted by molar-refractivity contribution is -0.141. The lowest BCUT2D eigenvalue weighted by Crippen LogP contribution is -2.44. The SMILES string of the molecule is CCCC(CNC(=O)NCC(=O)NC1CC1)C(=O)O. The van der Waals surface area contributed by atoms with Gasteiger partial charge >= 0.3 is 12.0 Å². The van der Waals surface area contributed by atoms with Gasteiger partial charge in [0.2, 0.25) is 5.91 Å². The number of urea groups is 1. The van der Waals surface area contributed by atoms with Crippen molar-refractivity contribution in [1.29, 1.82) is 0 Å². The number of rotatable bonds is 8. The monoisotopic (exact) mass is 271 g/mol. The molecule has 108 valence electrons. The first kappa shape index (κ1) is 15.3. The van der Waals surface area contributed by atoms with Crippen LogP contribution in [0.4, 0.5) is 4.79 Å². The van der Waals surface area contributed by atoms with Gasteiger partial charge in [-0.3, -0.25) is 9.59 Å². The Morgan fingerprint density at radius 3 is 2.47 bits per heavy atom. The molecule has 1 unspecified atom stereocenters. The van der Waals surface area contributed by atoms with Crippen LogP contribution in [0.15, 0.2) is 0 Å². The molecular weight excluding hydrogens is 250 g/mol. The molecule has 3 amide bonds. The Labute approximate surface area is 112 Å². The summed E-state index contributed by atoms with van der Waals surface area (Å²) in [5.41, 5.74) is 0. The van der Waals surface area contributed by atoms with Gasteiger partial charge in [-0.15, -0.1) is 0 Å². The maximum absolute atomic E-state index is 11.4. The molecule has 0 radical (unpaired) electrons. The summed E-state index contributed by atoms with van der Waals surface area (Å²) < 4.78 is 0. The number of carbonyl (C=O) groups is 3. The third kappa shape index (κ3) is 6.64. The molecule has 1 rings (SSSR count). The molecule has 0 aromatic rings. The predicted octanol–water partition coefficient (Wildman–Crippen LogP) is 0.0651. The van der Waals surface area contributed by atoms with E-state index in [9.17, 15) is 14.4 Å². The Bertz CT molecular complexity index is 342. The molecule has 0 heterocycles. The molecular formula is C12H21N3O4. The quantitative estimate of drug-likeness (QED) is 0.501. The lowest BCUT2D eigenvalue weighted by atomic mass is 10.0. The highest BCUT2D eigenvalue weighted by Gasteiger charge is 2.23. The smallest absolute Gasteiger partial charge is 0.315 e. The maximum Gasteiger partial charge on any atom is 0.315 e. The number of hydrogen-bond donors (Lipinski definition) is 4. The highest BCUT2D eigenvalue weighted by atomic mass is 16.4. The highest BCUT2D eigenvalue weighted by Crippen LogP contribution is 2.18. The summed E-state index contributed by atoms with van der Waals surface area (Å²) in [4.78, 5) is 33.5. The number of carbonyl (C=O) groups excluding carboxylic acids is 2. The number of nitrogens with one attached hydrogen (secondary N) is 3. The van der Waals surface area contributed by atoms with E-state index < -0.39 is 17.9 Å². The molecule has 19 heavy (non-hydrogen) atoms. The molecule has 0 spiro atoms. The van der Waals surface area contributed by atoms with Crippen LogP contribution in [0.3, 0.4) is 0 Å². The molecule has 1 aliphatic carbocycles. The van der Waals surface area contributed by atoms with Crippen LogP contribution >= 0.6 is 0 Å². The number of amides is 3. The summed E-state index contributed by atoms with van der Waals surface area (Å²) in [7, 11) is 0. The number of aliphatic carboxylic acids is 1. The fourth-order valence-electron chi connectivity index (χ4n) is 1.61. The lowest BCUT2D eigenvalue weighted by Gasteiger charge is -2.13. The summed E-state index contributed by atoms with van der Waals surface area (Å²) in [6.07, 6.45) is 3.24. The van der Waals surface area contributed by atoms with Gasteiger partial charge in [0.05, 0.1) is 12.5 Å². The van der Waals surface area contributed by atoms with E-state index >= 15 is 0 Å². The van der Waals surface area contributed by atoms with Crippen molar-refractivity contribution in [3.8, 4) is 0 Å². The van der Waals surface area contributed by atoms with Gasteiger partial charge in [0.1, 0.15) is 0 Å². The van der Waals surface area contributed by atoms with Crippen LogP contribution in [-0.4, -0.2) is 42.1 Å². The van der Waals surface area contributed by atoms with E-state index in [1.165, 1.54) is 0 Å². The zero-order valence-electron chi connectivity index (χ0n) is 11.1. The summed E-state index contributed by atoms with van der Waals surface area (Å²) >= 11 is 0. The molecule has 0 aromatic heterocycles. The summed E-state index contributed by atoms with van der Waals surface area (Å²) in [5, 5.41) is 16.5. The Morgan fingerprint density at radius 1 is 1.26 bits per heavy atom. The van der Waals surface area contributed by atoms with Gasteiger partial charge in [0.15, 0.2) is 0 Å². The van der Waals surface area contributed by atoms with Crippen molar-refractivity contribution in [1.82, 2.24) is 16.0 Å². The Balaban J connectivity index is 2.14. The summed E-state index contributed by atoms with van der Waals surface area (Å²) in [5.74, 6) is -1.73. The summed E-state index contributed by atoms with van der Waals surface area (Å²) in [6.45, 7) is 1.87. The Hall–Kier alpha value is -1.79. The van der Waals surface area contributed by atoms with Crippen molar-refractivity contribution >= 4 is 17.9 Å². The standard InChI is InChI=1S/C12H21N3O4/c1-2-3-8(11(17)18)6-13-12(19)14-7-10(16)15-9-4-5-9/h8-9H,2-7H2,1H3,(H,15,16)(H,17,18)(H2,13,14,19). The molecule has 7 nitrogen and oxygen atoms in total. The largest absolute Gasteiger partial charge is 0.481 e. The molecule has 1 atom stereocenters. The molecule has 4 N–H and O–H groups in total. The predicted molar refractivity (Wildman–Crippen MR) is 68.6 cm³/mol. The van der Waals surface area contributed by atoms with E-state index in [0.717, 1.165) is 19.3 Å². The molecule has 1 saturated carbocycles. The van der Waals surface area contributed by atoms with Gasteiger partial charge < -0.3 is 21.1 Å². The van der Waals surface area contributed by atoms with E-state index in [1.807, 2.05) is 6.92 Å². The second kappa shape index (κ2) is 7.60. The zero-order valence-corrected chi connectivity index (χ0v) is 11.1. The maximum atomic E-state index is 11.4. The minimum Gasteiger partial charge on any atom is -0.481 e. The van der Waals surface area contributed by atoms with Crippen molar-refractivity contribution in [2.75, 3.05) is 13.1 Å². The first-order valence-corrected chi connectivity index (χ1v) is 6.56. The van der Waals surface area contributed by atoms with Gasteiger partial charge in [0.25, 0.3) is 0 Å². The van der Waals surface area contributed by atoms with Crippen molar-refractivity contribution in [2.45, 2.75) is 38.6 Å². The van der Waals surface area contributed by atoms with Gasteiger partial charge in [-0.2, -0.15) is 0 Å². The average molecular weight is 271 g/mol. The van der Waals surface area contributed by atoms with Crippen LogP contribution in [0.1, 0.15) is 32.6 Å². The van der Waals surface area contributed by atoms with Crippen molar-refractivity contribution in [3.05, 3.63) is 0 Å². The van der Waals surface area contributed by atoms with E-state index in [2.05, 4.69) is 16.0 Å². The van der Waals surface area contributed by atoms with Crippen molar-refractivity contribution in [2.24, 2.45) is 5.92 Å². The first-order valence-electron chi connectivity index (χ1n) is 6.56. The molecule has 0 aromatic carbocycles. The number of hydrogen-bond acceptors (Lipinski definition) is 3. The van der Waals surface area contributed by atoms with Crippen LogP contribution in [0.25, 0.3) is 0 Å². The normalized spacial score (nSPS) is 15.4. The van der Waals surface area contributed by atoms with E-state index in [-0.39, 0.29) is 25.0 Å². The van der Waals surface area contributed by atoms with Gasteiger partial charge in [-0.25, -0.2) is 4.79 Å². The number of carboxylic acids is 1. The minimum atomic E-state index is -0.923. The molecule has 1 fully saturated rings. The third-order valence-corrected chi connectivity index (χ3v) is 2.85. The third-order valence-electron chi connectivity index (χ3n) is 2.85. The van der Waals surface area contributed by atoms with Gasteiger partial charge in [0, 0.05) is 12.6 Å². The molecule has 1 aliphatic rings. The molecule has 0 saturated heterocycles. The number of carboxylic acid groups (broad SMARTS) is 1. The highest BCUT2D eigenvalue weighted by molar-refractivity contribution is 5.84. The average Bonchev–Trinajstić information content (AvgIpc) is 3.15. The van der Waals surface area contributed by atoms with Crippen molar-refractivity contribution in [3.63, 3.8) is 0 Å². The molecule has 0 bridgehead atoms. The van der Waals surface area contributed by atoms with Crippen LogP contribution in [0, 0.1) is 5.92 Å². The van der Waals surface area contributed by atoms with Crippen molar-refractivity contribution < 1.29 is 19.5 Å². The van der Waals surface area contributed by atoms with Crippen LogP contribution in [-0.2, 0) is 9.59 Å². The van der Waals surface area contributed by atoms with Crippen LogP contribution in [0.2, 0.25) is 0 Å². The van der Waals surface area contributed by atoms with Gasteiger partial charge in [-0.05, 0) is 19.3 Å². The van der Waals surface area contributed by atoms with Crippen LogP contribution < -0.4 is 16.0 Å². The fourth-order valence-corrected chi connectivity index (χ4v) is 1.61. The Kier molecular flexibility index (Phi) is 6.11. The second-order valence-electron chi connectivity index (χ2n) is 4.73. The fraction of sp³-hybridized carbons (Fsp3) is 0.750. The van der Waals surface area contributed by atoms with E-state index in [1.54, 1.807) is 0 Å². The molecule has 0 aliphatic heterocycles. The first-order chi connectivity index (χ1) is 9.02.